The van der Waals surface area contributed by atoms with Gasteiger partial charge in [-0.3, -0.25) is 4.40 Å². The van der Waals surface area contributed by atoms with Gasteiger partial charge in [0.1, 0.15) is 5.65 Å². The molecule has 2 aromatic heterocycles. The van der Waals surface area contributed by atoms with Gasteiger partial charge in [-0.25, -0.2) is 18.1 Å². The van der Waals surface area contributed by atoms with Crippen molar-refractivity contribution in [1.29, 1.82) is 0 Å². The Hall–Kier alpha value is -1.15. The van der Waals surface area contributed by atoms with E-state index in [0.29, 0.717) is 5.65 Å². The predicted octanol–water partition coefficient (Wildman–Crippen LogP) is 0.647. The van der Waals surface area contributed by atoms with Crippen molar-refractivity contribution in [2.75, 3.05) is 6.61 Å². The van der Waals surface area contributed by atoms with Crippen molar-refractivity contribution in [2.24, 2.45) is 0 Å². The molecule has 8 heteroatoms. The number of aromatic nitrogens is 2. The summed E-state index contributed by atoms with van der Waals surface area (Å²) in [7, 11) is -3.83. The molecule has 18 heavy (non-hydrogen) atoms. The lowest BCUT2D eigenvalue weighted by Gasteiger charge is -2.11. The minimum atomic E-state index is -3.83. The number of hydrogen-bond acceptors (Lipinski definition) is 4. The normalized spacial score (nSPS) is 13.9. The highest BCUT2D eigenvalue weighted by Gasteiger charge is 2.25. The summed E-state index contributed by atoms with van der Waals surface area (Å²) in [4.78, 5) is 3.96. The molecule has 98 valence electrons. The Kier molecular flexibility index (Phi) is 3.58. The zero-order chi connectivity index (χ0) is 13.3. The Bertz CT molecular complexity index is 668. The van der Waals surface area contributed by atoms with Crippen molar-refractivity contribution in [3.63, 3.8) is 0 Å². The second kappa shape index (κ2) is 4.85. The second-order valence-electron chi connectivity index (χ2n) is 3.84. The van der Waals surface area contributed by atoms with E-state index < -0.39 is 16.1 Å². The van der Waals surface area contributed by atoms with E-state index in [4.69, 9.17) is 16.7 Å². The zero-order valence-corrected chi connectivity index (χ0v) is 11.1. The van der Waals surface area contributed by atoms with Crippen LogP contribution in [0, 0.1) is 0 Å². The third-order valence-electron chi connectivity index (χ3n) is 2.33. The number of sulfonamides is 1. The molecule has 0 amide bonds. The summed E-state index contributed by atoms with van der Waals surface area (Å²) < 4.78 is 28.0. The number of imidazole rings is 1. The van der Waals surface area contributed by atoms with Crippen LogP contribution in [-0.2, 0) is 10.0 Å². The van der Waals surface area contributed by atoms with E-state index >= 15 is 0 Å². The zero-order valence-electron chi connectivity index (χ0n) is 9.54. The Morgan fingerprint density at radius 1 is 1.56 bits per heavy atom. The van der Waals surface area contributed by atoms with Crippen molar-refractivity contribution in [1.82, 2.24) is 14.1 Å². The van der Waals surface area contributed by atoms with E-state index in [2.05, 4.69) is 9.71 Å². The first-order chi connectivity index (χ1) is 8.45. The van der Waals surface area contributed by atoms with E-state index in [1.165, 1.54) is 4.40 Å². The number of aliphatic hydroxyl groups is 1. The average molecular weight is 290 g/mol. The van der Waals surface area contributed by atoms with Crippen LogP contribution in [0.1, 0.15) is 6.92 Å². The minimum Gasteiger partial charge on any atom is -0.395 e. The number of hydrogen-bond donors (Lipinski definition) is 2. The number of nitrogens with one attached hydrogen (secondary N) is 1. The fourth-order valence-corrected chi connectivity index (χ4v) is 3.42. The van der Waals surface area contributed by atoms with E-state index in [0.717, 1.165) is 0 Å². The molecule has 0 fully saturated rings. The summed E-state index contributed by atoms with van der Waals surface area (Å²) in [5.74, 6) is 0. The molecule has 2 aromatic rings. The Balaban J connectivity index is 2.57. The summed E-state index contributed by atoms with van der Waals surface area (Å²) >= 11 is 5.87. The molecule has 0 aromatic carbocycles. The molecule has 0 bridgehead atoms. The van der Waals surface area contributed by atoms with Gasteiger partial charge in [-0.1, -0.05) is 17.7 Å². The van der Waals surface area contributed by atoms with Gasteiger partial charge >= 0.3 is 0 Å². The Labute approximate surface area is 109 Å². The molecule has 6 nitrogen and oxygen atoms in total. The predicted molar refractivity (Wildman–Crippen MR) is 67.1 cm³/mol. The summed E-state index contributed by atoms with van der Waals surface area (Å²) in [5.41, 5.74) is 0.444. The number of pyridine rings is 1. The lowest BCUT2D eigenvalue weighted by Crippen LogP contribution is -2.35. The fourth-order valence-electron chi connectivity index (χ4n) is 1.54. The molecule has 0 aliphatic rings. The largest absolute Gasteiger partial charge is 0.395 e. The molecule has 2 N–H and O–H groups in total. The molecule has 0 saturated heterocycles. The van der Waals surface area contributed by atoms with Gasteiger partial charge in [0, 0.05) is 12.2 Å². The van der Waals surface area contributed by atoms with Crippen LogP contribution in [0.2, 0.25) is 5.15 Å². The third kappa shape index (κ3) is 2.35. The number of nitrogens with zero attached hydrogens (tertiary/aromatic N) is 2. The van der Waals surface area contributed by atoms with Crippen molar-refractivity contribution in [2.45, 2.75) is 18.0 Å². The average Bonchev–Trinajstić information content (AvgIpc) is 2.64. The van der Waals surface area contributed by atoms with Gasteiger partial charge in [0.05, 0.1) is 6.61 Å². The van der Waals surface area contributed by atoms with E-state index in [1.54, 1.807) is 31.3 Å². The van der Waals surface area contributed by atoms with Crippen LogP contribution in [0.25, 0.3) is 5.65 Å². The van der Waals surface area contributed by atoms with E-state index in [9.17, 15) is 8.42 Å². The molecule has 0 saturated carbocycles. The van der Waals surface area contributed by atoms with Gasteiger partial charge in [0.15, 0.2) is 10.2 Å². The van der Waals surface area contributed by atoms with Gasteiger partial charge in [-0.2, -0.15) is 0 Å². The van der Waals surface area contributed by atoms with Gasteiger partial charge in [-0.15, -0.1) is 0 Å². The topological polar surface area (TPSA) is 83.7 Å². The van der Waals surface area contributed by atoms with Crippen LogP contribution in [0.4, 0.5) is 0 Å². The molecule has 1 atom stereocenters. The third-order valence-corrected chi connectivity index (χ3v) is 4.32. The van der Waals surface area contributed by atoms with Crippen LogP contribution in [-0.4, -0.2) is 35.6 Å². The van der Waals surface area contributed by atoms with Gasteiger partial charge in [0.25, 0.3) is 10.0 Å². The molecule has 0 aliphatic heterocycles. The highest BCUT2D eigenvalue weighted by molar-refractivity contribution is 7.89. The first-order valence-corrected chi connectivity index (χ1v) is 7.07. The van der Waals surface area contributed by atoms with Crippen molar-refractivity contribution >= 4 is 27.3 Å². The van der Waals surface area contributed by atoms with Crippen LogP contribution in [0.15, 0.2) is 29.4 Å². The van der Waals surface area contributed by atoms with E-state index in [1.807, 2.05) is 0 Å². The maximum atomic E-state index is 12.1. The van der Waals surface area contributed by atoms with E-state index in [-0.39, 0.29) is 16.8 Å². The molecule has 2 rings (SSSR count). The van der Waals surface area contributed by atoms with Crippen molar-refractivity contribution in [3.05, 3.63) is 29.5 Å². The van der Waals surface area contributed by atoms with Crippen LogP contribution >= 0.6 is 11.6 Å². The van der Waals surface area contributed by atoms with Crippen LogP contribution in [0.3, 0.4) is 0 Å². The Morgan fingerprint density at radius 3 is 2.94 bits per heavy atom. The van der Waals surface area contributed by atoms with Gasteiger partial charge in [0.2, 0.25) is 0 Å². The lowest BCUT2D eigenvalue weighted by molar-refractivity contribution is 0.265. The number of aliphatic hydroxyl groups excluding tert-OH is 1. The first-order valence-electron chi connectivity index (χ1n) is 5.21. The molecule has 1 unspecified atom stereocenters. The minimum absolute atomic E-state index is 0.0983. The molecule has 0 spiro atoms. The summed E-state index contributed by atoms with van der Waals surface area (Å²) in [6, 6.07) is 4.47. The van der Waals surface area contributed by atoms with Crippen LogP contribution in [0.5, 0.6) is 0 Å². The monoisotopic (exact) mass is 289 g/mol. The second-order valence-corrected chi connectivity index (χ2v) is 5.83. The lowest BCUT2D eigenvalue weighted by atomic mass is 10.4. The number of rotatable bonds is 4. The molecule has 2 heterocycles. The van der Waals surface area contributed by atoms with Gasteiger partial charge in [-0.05, 0) is 19.1 Å². The Morgan fingerprint density at radius 2 is 2.28 bits per heavy atom. The molecular formula is C10H12ClN3O3S. The SMILES string of the molecule is CC(CO)NS(=O)(=O)c1c(Cl)nc2ccccn12. The summed E-state index contributed by atoms with van der Waals surface area (Å²) in [6.07, 6.45) is 1.56. The smallest absolute Gasteiger partial charge is 0.260 e. The number of fused-ring (bicyclic) bond motifs is 1. The molecular weight excluding hydrogens is 278 g/mol. The standard InChI is InChI=1S/C10H12ClN3O3S/c1-7(6-15)13-18(16,17)10-9(11)12-8-4-2-3-5-14(8)10/h2-5,7,13,15H,6H2,1H3. The first kappa shape index (κ1) is 13.3. The fraction of sp³-hybridized carbons (Fsp3) is 0.300. The highest BCUT2D eigenvalue weighted by Crippen LogP contribution is 2.22. The number of halogens is 1. The highest BCUT2D eigenvalue weighted by atomic mass is 35.5. The van der Waals surface area contributed by atoms with Crippen molar-refractivity contribution in [3.8, 4) is 0 Å². The van der Waals surface area contributed by atoms with Gasteiger partial charge < -0.3 is 5.11 Å². The molecule has 0 radical (unpaired) electrons. The van der Waals surface area contributed by atoms with Crippen LogP contribution < -0.4 is 4.72 Å². The summed E-state index contributed by atoms with van der Waals surface area (Å²) in [6.45, 7) is 1.25. The van der Waals surface area contributed by atoms with Crippen molar-refractivity contribution < 1.29 is 13.5 Å². The quantitative estimate of drug-likeness (QED) is 0.865. The molecule has 0 aliphatic carbocycles. The summed E-state index contributed by atoms with van der Waals surface area (Å²) in [5, 5.41) is 8.67. The maximum Gasteiger partial charge on any atom is 0.260 e. The maximum absolute atomic E-state index is 12.1.